The summed E-state index contributed by atoms with van der Waals surface area (Å²) < 4.78 is 5.75. The molecule has 0 saturated carbocycles. The van der Waals surface area contributed by atoms with Crippen LogP contribution in [0, 0.1) is 0 Å². The molecule has 0 saturated heterocycles. The van der Waals surface area contributed by atoms with Crippen molar-refractivity contribution in [2.75, 3.05) is 0 Å². The van der Waals surface area contributed by atoms with Crippen molar-refractivity contribution in [1.82, 2.24) is 4.98 Å². The third-order valence-electron chi connectivity index (χ3n) is 2.74. The molecular formula is C14H12N2O. The Morgan fingerprint density at radius 2 is 2.00 bits per heavy atom. The number of benzene rings is 1. The third-order valence-corrected chi connectivity index (χ3v) is 2.74. The third kappa shape index (κ3) is 1.81. The van der Waals surface area contributed by atoms with Crippen LogP contribution >= 0.6 is 0 Å². The fourth-order valence-electron chi connectivity index (χ4n) is 1.84. The number of nitrogens with zero attached hydrogens (tertiary/aromatic N) is 1. The van der Waals surface area contributed by atoms with Gasteiger partial charge in [0.25, 0.3) is 0 Å². The minimum Gasteiger partial charge on any atom is -0.454 e. The average molecular weight is 224 g/mol. The van der Waals surface area contributed by atoms with Crippen LogP contribution < -0.4 is 5.73 Å². The van der Waals surface area contributed by atoms with Crippen LogP contribution in [0.15, 0.2) is 53.1 Å². The fourth-order valence-corrected chi connectivity index (χ4v) is 1.84. The Morgan fingerprint density at radius 3 is 2.82 bits per heavy atom. The van der Waals surface area contributed by atoms with E-state index in [4.69, 9.17) is 10.2 Å². The molecule has 3 rings (SSSR count). The number of nitrogens with two attached hydrogens (primary N) is 1. The van der Waals surface area contributed by atoms with Crippen molar-refractivity contribution >= 4 is 11.0 Å². The summed E-state index contributed by atoms with van der Waals surface area (Å²) in [5.41, 5.74) is 8.37. The number of rotatable bonds is 2. The van der Waals surface area contributed by atoms with E-state index in [1.807, 2.05) is 42.5 Å². The van der Waals surface area contributed by atoms with Gasteiger partial charge in [0.15, 0.2) is 5.76 Å². The Balaban J connectivity index is 2.13. The monoisotopic (exact) mass is 224 g/mol. The molecule has 0 amide bonds. The molecule has 2 aromatic heterocycles. The van der Waals surface area contributed by atoms with Crippen molar-refractivity contribution in [1.29, 1.82) is 0 Å². The SMILES string of the molecule is NCc1ccnc(-c2cc3ccccc3o2)c1. The number of furan rings is 1. The molecule has 2 heterocycles. The average Bonchev–Trinajstić information content (AvgIpc) is 2.82. The highest BCUT2D eigenvalue weighted by Crippen LogP contribution is 2.26. The second-order valence-electron chi connectivity index (χ2n) is 3.90. The van der Waals surface area contributed by atoms with Gasteiger partial charge in [-0.25, -0.2) is 0 Å². The molecule has 0 fully saturated rings. The number of pyridine rings is 1. The summed E-state index contributed by atoms with van der Waals surface area (Å²) in [6.07, 6.45) is 1.75. The Bertz CT molecular complexity index is 625. The quantitative estimate of drug-likeness (QED) is 0.728. The van der Waals surface area contributed by atoms with Crippen molar-refractivity contribution in [2.24, 2.45) is 5.73 Å². The normalized spacial score (nSPS) is 10.9. The first-order valence-corrected chi connectivity index (χ1v) is 5.51. The zero-order valence-electron chi connectivity index (χ0n) is 9.26. The van der Waals surface area contributed by atoms with Crippen LogP contribution in [0.5, 0.6) is 0 Å². The smallest absolute Gasteiger partial charge is 0.153 e. The number of fused-ring (bicyclic) bond motifs is 1. The fraction of sp³-hybridized carbons (Fsp3) is 0.0714. The summed E-state index contributed by atoms with van der Waals surface area (Å²) >= 11 is 0. The lowest BCUT2D eigenvalue weighted by atomic mass is 10.2. The molecule has 0 unspecified atom stereocenters. The number of hydrogen-bond acceptors (Lipinski definition) is 3. The first-order chi connectivity index (χ1) is 8.36. The lowest BCUT2D eigenvalue weighted by Gasteiger charge is -1.98. The van der Waals surface area contributed by atoms with Crippen LogP contribution in [0.3, 0.4) is 0 Å². The molecule has 0 aliphatic heterocycles. The maximum atomic E-state index is 5.75. The van der Waals surface area contributed by atoms with E-state index in [2.05, 4.69) is 4.98 Å². The second-order valence-corrected chi connectivity index (χ2v) is 3.90. The standard InChI is InChI=1S/C14H12N2O/c15-9-10-5-6-16-12(7-10)14-8-11-3-1-2-4-13(11)17-14/h1-8H,9,15H2. The van der Waals surface area contributed by atoms with Crippen molar-refractivity contribution in [2.45, 2.75) is 6.54 Å². The number of para-hydroxylation sites is 1. The summed E-state index contributed by atoms with van der Waals surface area (Å²) in [4.78, 5) is 4.30. The first-order valence-electron chi connectivity index (χ1n) is 5.51. The van der Waals surface area contributed by atoms with Crippen molar-refractivity contribution in [3.8, 4) is 11.5 Å². The van der Waals surface area contributed by atoms with Crippen LogP contribution in [0.1, 0.15) is 5.56 Å². The summed E-state index contributed by atoms with van der Waals surface area (Å²) in [5, 5.41) is 1.09. The van der Waals surface area contributed by atoms with E-state index in [0.29, 0.717) is 6.54 Å². The van der Waals surface area contributed by atoms with E-state index in [1.54, 1.807) is 6.20 Å². The first kappa shape index (κ1) is 10.1. The molecule has 0 bridgehead atoms. The van der Waals surface area contributed by atoms with E-state index < -0.39 is 0 Å². The zero-order chi connectivity index (χ0) is 11.7. The van der Waals surface area contributed by atoms with Crippen molar-refractivity contribution < 1.29 is 4.42 Å². The Morgan fingerprint density at radius 1 is 1.12 bits per heavy atom. The molecule has 1 aromatic carbocycles. The van der Waals surface area contributed by atoms with Gasteiger partial charge in [-0.05, 0) is 29.8 Å². The molecular weight excluding hydrogens is 212 g/mol. The van der Waals surface area contributed by atoms with Crippen LogP contribution in [-0.2, 0) is 6.54 Å². The van der Waals surface area contributed by atoms with E-state index in [9.17, 15) is 0 Å². The maximum Gasteiger partial charge on any atom is 0.153 e. The largest absolute Gasteiger partial charge is 0.454 e. The van der Waals surface area contributed by atoms with Crippen LogP contribution in [-0.4, -0.2) is 4.98 Å². The van der Waals surface area contributed by atoms with Gasteiger partial charge in [-0.15, -0.1) is 0 Å². The van der Waals surface area contributed by atoms with Crippen LogP contribution in [0.4, 0.5) is 0 Å². The van der Waals surface area contributed by atoms with Crippen molar-refractivity contribution in [3.05, 3.63) is 54.2 Å². The highest BCUT2D eigenvalue weighted by molar-refractivity contribution is 5.82. The van der Waals surface area contributed by atoms with Gasteiger partial charge in [0.1, 0.15) is 11.3 Å². The van der Waals surface area contributed by atoms with E-state index in [1.165, 1.54) is 0 Å². The van der Waals surface area contributed by atoms with E-state index in [0.717, 1.165) is 28.0 Å². The lowest BCUT2D eigenvalue weighted by molar-refractivity contribution is 0.628. The Hall–Kier alpha value is -2.13. The van der Waals surface area contributed by atoms with Gasteiger partial charge < -0.3 is 10.2 Å². The molecule has 3 nitrogen and oxygen atoms in total. The highest BCUT2D eigenvalue weighted by atomic mass is 16.3. The van der Waals surface area contributed by atoms with Crippen molar-refractivity contribution in [3.63, 3.8) is 0 Å². The minimum absolute atomic E-state index is 0.510. The van der Waals surface area contributed by atoms with Gasteiger partial charge in [0.2, 0.25) is 0 Å². The van der Waals surface area contributed by atoms with Crippen LogP contribution in [0.2, 0.25) is 0 Å². The zero-order valence-corrected chi connectivity index (χ0v) is 9.26. The maximum absolute atomic E-state index is 5.75. The van der Waals surface area contributed by atoms with Gasteiger partial charge in [-0.3, -0.25) is 4.98 Å². The van der Waals surface area contributed by atoms with Gasteiger partial charge >= 0.3 is 0 Å². The van der Waals surface area contributed by atoms with E-state index in [-0.39, 0.29) is 0 Å². The summed E-state index contributed by atoms with van der Waals surface area (Å²) in [5.74, 6) is 0.779. The molecule has 3 heteroatoms. The summed E-state index contributed by atoms with van der Waals surface area (Å²) in [6, 6.07) is 13.8. The highest BCUT2D eigenvalue weighted by Gasteiger charge is 2.07. The molecule has 0 spiro atoms. The topological polar surface area (TPSA) is 52.0 Å². The van der Waals surface area contributed by atoms with E-state index >= 15 is 0 Å². The molecule has 3 aromatic rings. The van der Waals surface area contributed by atoms with Crippen LogP contribution in [0.25, 0.3) is 22.4 Å². The molecule has 2 N–H and O–H groups in total. The van der Waals surface area contributed by atoms with Gasteiger partial charge in [0.05, 0.1) is 0 Å². The molecule has 0 atom stereocenters. The van der Waals surface area contributed by atoms with Gasteiger partial charge in [-0.2, -0.15) is 0 Å². The molecule has 0 aliphatic carbocycles. The summed E-state index contributed by atoms with van der Waals surface area (Å²) in [6.45, 7) is 0.510. The molecule has 84 valence electrons. The molecule has 0 aliphatic rings. The Kier molecular flexibility index (Phi) is 2.38. The predicted octanol–water partition coefficient (Wildman–Crippen LogP) is 2.95. The summed E-state index contributed by atoms with van der Waals surface area (Å²) in [7, 11) is 0. The molecule has 0 radical (unpaired) electrons. The predicted molar refractivity (Wildman–Crippen MR) is 67.3 cm³/mol. The second kappa shape index (κ2) is 4.03. The number of hydrogen-bond donors (Lipinski definition) is 1. The Labute approximate surface area is 98.9 Å². The van der Waals surface area contributed by atoms with Gasteiger partial charge in [-0.1, -0.05) is 18.2 Å². The molecule has 17 heavy (non-hydrogen) atoms. The lowest BCUT2D eigenvalue weighted by Crippen LogP contribution is -1.96. The number of aromatic nitrogens is 1. The minimum atomic E-state index is 0.510. The van der Waals surface area contributed by atoms with Gasteiger partial charge in [0, 0.05) is 18.1 Å².